The fraction of sp³-hybridized carbons (Fsp3) is 0.560. The maximum Gasteiger partial charge on any atom is 0.336 e. The third kappa shape index (κ3) is 4.07. The fourth-order valence-corrected chi connectivity index (χ4v) is 5.02. The Morgan fingerprint density at radius 1 is 1.10 bits per heavy atom. The highest BCUT2D eigenvalue weighted by Crippen LogP contribution is 2.46. The number of nitrogens with zero attached hydrogens (tertiary/aromatic N) is 1. The Kier molecular flexibility index (Phi) is 6.35. The second kappa shape index (κ2) is 9.15. The first-order valence-electron chi connectivity index (χ1n) is 11.3. The molecule has 2 atom stereocenters. The van der Waals surface area contributed by atoms with Gasteiger partial charge in [0.15, 0.2) is 0 Å². The highest BCUT2D eigenvalue weighted by atomic mass is 16.5. The van der Waals surface area contributed by atoms with Crippen molar-refractivity contribution in [3.05, 3.63) is 41.1 Å². The number of para-hydroxylation sites is 1. The predicted molar refractivity (Wildman–Crippen MR) is 116 cm³/mol. The van der Waals surface area contributed by atoms with E-state index in [4.69, 9.17) is 14.5 Å². The van der Waals surface area contributed by atoms with Crippen LogP contribution < -0.4 is 4.74 Å². The minimum atomic E-state index is -0.403. The van der Waals surface area contributed by atoms with E-state index in [9.17, 15) is 9.59 Å². The van der Waals surface area contributed by atoms with Crippen LogP contribution in [-0.2, 0) is 14.3 Å². The van der Waals surface area contributed by atoms with Gasteiger partial charge in [-0.3, -0.25) is 9.79 Å². The minimum Gasteiger partial charge on any atom is -0.493 e. The average molecular weight is 410 g/mol. The van der Waals surface area contributed by atoms with Crippen molar-refractivity contribution in [2.75, 3.05) is 6.61 Å². The van der Waals surface area contributed by atoms with E-state index >= 15 is 0 Å². The lowest BCUT2D eigenvalue weighted by molar-refractivity contribution is -0.144. The number of hydrogen-bond donors (Lipinski definition) is 0. The van der Waals surface area contributed by atoms with Crippen LogP contribution in [0, 0.1) is 5.92 Å². The Labute approximate surface area is 178 Å². The lowest BCUT2D eigenvalue weighted by atomic mass is 9.69. The summed E-state index contributed by atoms with van der Waals surface area (Å²) in [6.45, 7) is 4.52. The van der Waals surface area contributed by atoms with Gasteiger partial charge in [-0.25, -0.2) is 4.79 Å². The van der Waals surface area contributed by atoms with Gasteiger partial charge in [0.25, 0.3) is 0 Å². The highest BCUT2D eigenvalue weighted by Gasteiger charge is 2.45. The monoisotopic (exact) mass is 409 g/mol. The summed E-state index contributed by atoms with van der Waals surface area (Å²) in [5.41, 5.74) is 2.99. The second-order valence-electron chi connectivity index (χ2n) is 8.58. The van der Waals surface area contributed by atoms with Gasteiger partial charge in [-0.15, -0.1) is 0 Å². The maximum absolute atomic E-state index is 13.4. The lowest BCUT2D eigenvalue weighted by Crippen LogP contribution is -2.39. The Morgan fingerprint density at radius 3 is 2.63 bits per heavy atom. The molecule has 1 unspecified atom stereocenters. The number of ketones is 1. The molecule has 0 spiro atoms. The lowest BCUT2D eigenvalue weighted by Gasteiger charge is -2.36. The second-order valence-corrected chi connectivity index (χ2v) is 8.58. The molecule has 0 saturated heterocycles. The first kappa shape index (κ1) is 20.8. The molecule has 3 aliphatic rings. The number of allylic oxidation sites excluding steroid dienone is 1. The molecular formula is C25H31NO4. The number of ether oxygens (including phenoxy) is 2. The van der Waals surface area contributed by atoms with Gasteiger partial charge in [0.1, 0.15) is 17.6 Å². The van der Waals surface area contributed by atoms with Crippen molar-refractivity contribution in [2.45, 2.75) is 77.2 Å². The van der Waals surface area contributed by atoms with Crippen LogP contribution in [0.25, 0.3) is 0 Å². The van der Waals surface area contributed by atoms with Crippen molar-refractivity contribution in [1.82, 2.24) is 0 Å². The number of fused-ring (bicyclic) bond motifs is 1. The summed E-state index contributed by atoms with van der Waals surface area (Å²) in [6.07, 6.45) is 7.02. The van der Waals surface area contributed by atoms with E-state index < -0.39 is 11.8 Å². The quantitative estimate of drug-likeness (QED) is 0.610. The molecule has 160 valence electrons. The Hall–Kier alpha value is -2.43. The summed E-state index contributed by atoms with van der Waals surface area (Å²) in [4.78, 5) is 31.1. The van der Waals surface area contributed by atoms with Crippen molar-refractivity contribution in [2.24, 2.45) is 10.9 Å². The topological polar surface area (TPSA) is 65.0 Å². The van der Waals surface area contributed by atoms with E-state index in [-0.39, 0.29) is 17.9 Å². The number of Topliss-reactive ketones (excluding diaryl/α,β-unsaturated/α-hetero) is 1. The van der Waals surface area contributed by atoms with Crippen LogP contribution in [-0.4, -0.2) is 30.2 Å². The van der Waals surface area contributed by atoms with Crippen molar-refractivity contribution in [3.63, 3.8) is 0 Å². The van der Waals surface area contributed by atoms with Gasteiger partial charge in [-0.2, -0.15) is 0 Å². The zero-order valence-corrected chi connectivity index (χ0v) is 18.0. The standard InChI is InChI=1S/C25H31NO4/c1-3-15-29-21-14-7-6-11-18(21)23-22(25(28)30-17-9-4-5-10-17)16(2)26-19-12-8-13-20(27)24(19)23/h6-7,11,14,17,23-24H,3-5,8-10,12-13,15H2,1-2H3/t23-,24?/m1/s1. The van der Waals surface area contributed by atoms with Crippen LogP contribution >= 0.6 is 0 Å². The summed E-state index contributed by atoms with van der Waals surface area (Å²) < 4.78 is 11.9. The molecule has 2 aliphatic carbocycles. The van der Waals surface area contributed by atoms with Gasteiger partial charge in [0.2, 0.25) is 0 Å². The Bertz CT molecular complexity index is 879. The van der Waals surface area contributed by atoms with Crippen molar-refractivity contribution in [3.8, 4) is 5.75 Å². The van der Waals surface area contributed by atoms with Crippen LogP contribution in [0.15, 0.2) is 40.5 Å². The molecule has 0 N–H and O–H groups in total. The summed E-state index contributed by atoms with van der Waals surface area (Å²) in [5.74, 6) is -0.222. The highest BCUT2D eigenvalue weighted by molar-refractivity contribution is 6.11. The Morgan fingerprint density at radius 2 is 1.87 bits per heavy atom. The molecule has 1 aliphatic heterocycles. The van der Waals surface area contributed by atoms with Gasteiger partial charge < -0.3 is 9.47 Å². The molecule has 1 heterocycles. The third-order valence-corrected chi connectivity index (χ3v) is 6.42. The largest absolute Gasteiger partial charge is 0.493 e. The van der Waals surface area contributed by atoms with Crippen molar-refractivity contribution >= 4 is 17.5 Å². The molecule has 0 radical (unpaired) electrons. The molecule has 2 fully saturated rings. The summed E-state index contributed by atoms with van der Waals surface area (Å²) in [6, 6.07) is 7.79. The predicted octanol–water partition coefficient (Wildman–Crippen LogP) is 5.14. The smallest absolute Gasteiger partial charge is 0.336 e. The molecule has 0 aromatic heterocycles. The van der Waals surface area contributed by atoms with Crippen LogP contribution in [0.3, 0.4) is 0 Å². The maximum atomic E-state index is 13.4. The zero-order chi connectivity index (χ0) is 21.1. The van der Waals surface area contributed by atoms with Crippen LogP contribution in [0.5, 0.6) is 5.75 Å². The number of aliphatic imine (C=N–C) groups is 1. The SMILES string of the molecule is CCCOc1ccccc1[C@@H]1C(C(=O)OC2CCCC2)=C(C)N=C2CCCC(=O)C21. The molecule has 5 heteroatoms. The molecule has 2 saturated carbocycles. The number of carbonyl (C=O) groups is 2. The third-order valence-electron chi connectivity index (χ3n) is 6.42. The van der Waals surface area contributed by atoms with E-state index in [2.05, 4.69) is 6.92 Å². The first-order valence-corrected chi connectivity index (χ1v) is 11.3. The summed E-state index contributed by atoms with van der Waals surface area (Å²) in [5, 5.41) is 0. The molecule has 1 aromatic carbocycles. The van der Waals surface area contributed by atoms with E-state index in [1.165, 1.54) is 0 Å². The van der Waals surface area contributed by atoms with E-state index in [0.717, 1.165) is 62.0 Å². The average Bonchev–Trinajstić information content (AvgIpc) is 3.24. The van der Waals surface area contributed by atoms with Gasteiger partial charge in [-0.1, -0.05) is 25.1 Å². The van der Waals surface area contributed by atoms with Gasteiger partial charge >= 0.3 is 5.97 Å². The molecule has 1 aromatic rings. The number of hydrogen-bond acceptors (Lipinski definition) is 5. The van der Waals surface area contributed by atoms with E-state index in [0.29, 0.717) is 24.3 Å². The van der Waals surface area contributed by atoms with Crippen LogP contribution in [0.2, 0.25) is 0 Å². The molecule has 5 nitrogen and oxygen atoms in total. The van der Waals surface area contributed by atoms with E-state index in [1.807, 2.05) is 31.2 Å². The molecule has 0 bridgehead atoms. The van der Waals surface area contributed by atoms with Gasteiger partial charge in [-0.05, 0) is 57.9 Å². The molecule has 0 amide bonds. The van der Waals surface area contributed by atoms with Gasteiger partial charge in [0, 0.05) is 29.3 Å². The van der Waals surface area contributed by atoms with Gasteiger partial charge in [0.05, 0.1) is 18.1 Å². The zero-order valence-electron chi connectivity index (χ0n) is 18.0. The first-order chi connectivity index (χ1) is 14.6. The number of carbonyl (C=O) groups excluding carboxylic acids is 2. The van der Waals surface area contributed by atoms with Crippen molar-refractivity contribution < 1.29 is 19.1 Å². The van der Waals surface area contributed by atoms with Crippen molar-refractivity contribution in [1.29, 1.82) is 0 Å². The number of rotatable bonds is 6. The number of esters is 1. The molecular weight excluding hydrogens is 378 g/mol. The normalized spacial score (nSPS) is 24.5. The molecule has 4 rings (SSSR count). The summed E-state index contributed by atoms with van der Waals surface area (Å²) >= 11 is 0. The number of benzene rings is 1. The summed E-state index contributed by atoms with van der Waals surface area (Å²) in [7, 11) is 0. The fourth-order valence-electron chi connectivity index (χ4n) is 5.02. The minimum absolute atomic E-state index is 0.0301. The van der Waals surface area contributed by atoms with E-state index in [1.54, 1.807) is 0 Å². The van der Waals surface area contributed by atoms with Crippen LogP contribution in [0.1, 0.15) is 76.7 Å². The Balaban J connectivity index is 1.78. The molecule has 30 heavy (non-hydrogen) atoms. The van der Waals surface area contributed by atoms with Crippen LogP contribution in [0.4, 0.5) is 0 Å².